The Morgan fingerprint density at radius 3 is 2.62 bits per heavy atom. The number of aliphatic carboxylic acids is 1. The number of likely N-dealkylation sites (tertiary alicyclic amines) is 1. The van der Waals surface area contributed by atoms with Crippen LogP contribution in [0.15, 0.2) is 12.1 Å². The third kappa shape index (κ3) is 3.10. The van der Waals surface area contributed by atoms with Crippen molar-refractivity contribution in [3.05, 3.63) is 29.3 Å². The molecule has 1 saturated heterocycles. The van der Waals surface area contributed by atoms with Crippen molar-refractivity contribution in [1.29, 1.82) is 0 Å². The zero-order chi connectivity index (χ0) is 15.7. The van der Waals surface area contributed by atoms with E-state index in [1.165, 1.54) is 6.92 Å². The van der Waals surface area contributed by atoms with Gasteiger partial charge < -0.3 is 20.4 Å². The van der Waals surface area contributed by atoms with Gasteiger partial charge in [0, 0.05) is 19.0 Å². The minimum absolute atomic E-state index is 0.0884. The fourth-order valence-electron chi connectivity index (χ4n) is 2.20. The predicted molar refractivity (Wildman–Crippen MR) is 68.9 cm³/mol. The van der Waals surface area contributed by atoms with E-state index in [2.05, 4.69) is 5.32 Å². The van der Waals surface area contributed by atoms with Crippen LogP contribution in [0.3, 0.4) is 0 Å². The second-order valence-corrected chi connectivity index (χ2v) is 4.91. The van der Waals surface area contributed by atoms with Gasteiger partial charge in [-0.25, -0.2) is 18.4 Å². The van der Waals surface area contributed by atoms with E-state index in [0.29, 0.717) is 0 Å². The third-order valence-corrected chi connectivity index (χ3v) is 3.31. The average Bonchev–Trinajstić information content (AvgIpc) is 2.78. The topological polar surface area (TPSA) is 89.9 Å². The molecule has 2 amide bonds. The molecule has 0 bridgehead atoms. The van der Waals surface area contributed by atoms with Crippen molar-refractivity contribution in [2.45, 2.75) is 25.5 Å². The summed E-state index contributed by atoms with van der Waals surface area (Å²) in [6.45, 7) is 1.19. The van der Waals surface area contributed by atoms with Crippen LogP contribution in [0.5, 0.6) is 0 Å². The van der Waals surface area contributed by atoms with Gasteiger partial charge in [-0.15, -0.1) is 0 Å². The van der Waals surface area contributed by atoms with Crippen molar-refractivity contribution >= 4 is 17.7 Å². The van der Waals surface area contributed by atoms with Gasteiger partial charge in [-0.05, 0) is 18.6 Å². The van der Waals surface area contributed by atoms with Crippen LogP contribution in [-0.4, -0.2) is 45.8 Å². The lowest BCUT2D eigenvalue weighted by Crippen LogP contribution is -2.43. The molecule has 0 unspecified atom stereocenters. The lowest BCUT2D eigenvalue weighted by Gasteiger charge is -2.21. The number of amides is 2. The zero-order valence-corrected chi connectivity index (χ0v) is 11.1. The number of hydrogen-bond acceptors (Lipinski definition) is 3. The Morgan fingerprint density at radius 2 is 2.00 bits per heavy atom. The van der Waals surface area contributed by atoms with Gasteiger partial charge in [0.05, 0.1) is 11.8 Å². The Bertz CT molecular complexity index is 594. The van der Waals surface area contributed by atoms with Gasteiger partial charge in [-0.2, -0.15) is 0 Å². The number of nitrogens with zero attached hydrogens (tertiary/aromatic N) is 1. The van der Waals surface area contributed by atoms with Gasteiger partial charge in [-0.1, -0.05) is 0 Å². The maximum Gasteiger partial charge on any atom is 0.326 e. The Morgan fingerprint density at radius 1 is 1.33 bits per heavy atom. The fourth-order valence-corrected chi connectivity index (χ4v) is 2.20. The minimum Gasteiger partial charge on any atom is -0.480 e. The number of β-amino-alcohol motifs (C(OH)–C–C–N with tert-alkyl or cyclic N) is 1. The Labute approximate surface area is 119 Å². The Kier molecular flexibility index (Phi) is 4.08. The van der Waals surface area contributed by atoms with Crippen molar-refractivity contribution in [2.24, 2.45) is 0 Å². The fraction of sp³-hybridized carbons (Fsp3) is 0.385. The highest BCUT2D eigenvalue weighted by Crippen LogP contribution is 2.22. The maximum absolute atomic E-state index is 13.6. The molecule has 6 nitrogen and oxygen atoms in total. The number of carboxylic acids is 1. The molecular formula is C13H14F2N2O4. The molecule has 0 radical (unpaired) electrons. The van der Waals surface area contributed by atoms with Crippen LogP contribution in [-0.2, 0) is 4.79 Å². The van der Waals surface area contributed by atoms with Crippen molar-refractivity contribution in [3.63, 3.8) is 0 Å². The summed E-state index contributed by atoms with van der Waals surface area (Å²) in [5.74, 6) is -2.78. The lowest BCUT2D eigenvalue weighted by atomic mass is 10.2. The number of hydrogen-bond donors (Lipinski definition) is 3. The summed E-state index contributed by atoms with van der Waals surface area (Å²) >= 11 is 0. The highest BCUT2D eigenvalue weighted by atomic mass is 19.1. The summed E-state index contributed by atoms with van der Waals surface area (Å²) in [6.07, 6.45) is -1.07. The van der Waals surface area contributed by atoms with Gasteiger partial charge in [0.15, 0.2) is 0 Å². The van der Waals surface area contributed by atoms with Crippen LogP contribution >= 0.6 is 0 Å². The summed E-state index contributed by atoms with van der Waals surface area (Å²) < 4.78 is 27.0. The number of carbonyl (C=O) groups excluding carboxylic acids is 1. The first-order valence-electron chi connectivity index (χ1n) is 6.23. The monoisotopic (exact) mass is 300 g/mol. The van der Waals surface area contributed by atoms with Crippen molar-refractivity contribution in [3.8, 4) is 0 Å². The molecule has 0 saturated carbocycles. The summed E-state index contributed by atoms with van der Waals surface area (Å²) in [4.78, 5) is 23.9. The number of carbonyl (C=O) groups is 2. The molecule has 8 heteroatoms. The molecule has 0 aromatic heterocycles. The van der Waals surface area contributed by atoms with Gasteiger partial charge in [0.25, 0.3) is 0 Å². The molecule has 1 aromatic rings. The zero-order valence-electron chi connectivity index (χ0n) is 11.1. The number of aryl methyl sites for hydroxylation is 1. The molecule has 21 heavy (non-hydrogen) atoms. The Hall–Kier alpha value is -2.22. The molecular weight excluding hydrogens is 286 g/mol. The number of nitrogens with one attached hydrogen (secondary N) is 1. The summed E-state index contributed by atoms with van der Waals surface area (Å²) in [7, 11) is 0. The minimum atomic E-state index is -1.27. The van der Waals surface area contributed by atoms with Crippen LogP contribution in [0.25, 0.3) is 0 Å². The standard InChI is InChI=1S/C13H14F2N2O4/c1-6-2-9(15)10(4-8(6)14)16-13(21)17-5-7(18)3-11(17)12(19)20/h2,4,7,11,18H,3,5H2,1H3,(H,16,21)(H,19,20)/t7-,11+/m1/s1. The predicted octanol–water partition coefficient (Wildman–Crippen LogP) is 1.32. The van der Waals surface area contributed by atoms with E-state index in [1.54, 1.807) is 0 Å². The van der Waals surface area contributed by atoms with Crippen LogP contribution in [0.4, 0.5) is 19.3 Å². The van der Waals surface area contributed by atoms with Crippen molar-refractivity contribution in [1.82, 2.24) is 4.90 Å². The molecule has 3 N–H and O–H groups in total. The van der Waals surface area contributed by atoms with E-state index < -0.39 is 35.8 Å². The molecule has 0 aliphatic carbocycles. The molecule has 1 aliphatic heterocycles. The van der Waals surface area contributed by atoms with Crippen LogP contribution < -0.4 is 5.32 Å². The molecule has 1 aromatic carbocycles. The van der Waals surface area contributed by atoms with Gasteiger partial charge in [0.1, 0.15) is 17.7 Å². The highest BCUT2D eigenvalue weighted by Gasteiger charge is 2.39. The van der Waals surface area contributed by atoms with Crippen LogP contribution in [0.2, 0.25) is 0 Å². The SMILES string of the molecule is Cc1cc(F)c(NC(=O)N2C[C@H](O)C[C@H]2C(=O)O)cc1F. The second kappa shape index (κ2) is 5.65. The smallest absolute Gasteiger partial charge is 0.326 e. The van der Waals surface area contributed by atoms with E-state index in [0.717, 1.165) is 17.0 Å². The Balaban J connectivity index is 2.18. The molecule has 1 aliphatic rings. The van der Waals surface area contributed by atoms with Gasteiger partial charge in [-0.3, -0.25) is 0 Å². The maximum atomic E-state index is 13.6. The number of urea groups is 1. The van der Waals surface area contributed by atoms with Crippen molar-refractivity contribution < 1.29 is 28.6 Å². The van der Waals surface area contributed by atoms with E-state index in [1.807, 2.05) is 0 Å². The number of benzene rings is 1. The number of rotatable bonds is 2. The molecule has 2 rings (SSSR count). The first-order valence-corrected chi connectivity index (χ1v) is 6.23. The number of carboxylic acid groups (broad SMARTS) is 1. The van der Waals surface area contributed by atoms with Gasteiger partial charge in [0.2, 0.25) is 0 Å². The van der Waals surface area contributed by atoms with Crippen molar-refractivity contribution in [2.75, 3.05) is 11.9 Å². The summed E-state index contributed by atoms with van der Waals surface area (Å²) in [5.41, 5.74) is -0.292. The highest BCUT2D eigenvalue weighted by molar-refractivity contribution is 5.93. The molecule has 2 atom stereocenters. The number of anilines is 1. The molecule has 114 valence electrons. The summed E-state index contributed by atoms with van der Waals surface area (Å²) in [5, 5.41) is 20.6. The first kappa shape index (κ1) is 15.2. The quantitative estimate of drug-likeness (QED) is 0.768. The second-order valence-electron chi connectivity index (χ2n) is 4.91. The molecule has 1 heterocycles. The van der Waals surface area contributed by atoms with E-state index in [9.17, 15) is 23.5 Å². The van der Waals surface area contributed by atoms with E-state index >= 15 is 0 Å². The normalized spacial score (nSPS) is 21.4. The number of aliphatic hydroxyl groups excluding tert-OH is 1. The van der Waals surface area contributed by atoms with Gasteiger partial charge >= 0.3 is 12.0 Å². The molecule has 0 spiro atoms. The third-order valence-electron chi connectivity index (χ3n) is 3.31. The number of halogens is 2. The largest absolute Gasteiger partial charge is 0.480 e. The summed E-state index contributed by atoms with van der Waals surface area (Å²) in [6, 6.07) is -0.344. The average molecular weight is 300 g/mol. The van der Waals surface area contributed by atoms with E-state index in [4.69, 9.17) is 5.11 Å². The van der Waals surface area contributed by atoms with Crippen LogP contribution in [0, 0.1) is 18.6 Å². The van der Waals surface area contributed by atoms with Crippen LogP contribution in [0.1, 0.15) is 12.0 Å². The molecule has 1 fully saturated rings. The lowest BCUT2D eigenvalue weighted by molar-refractivity contribution is -0.141. The number of aliphatic hydroxyl groups is 1. The van der Waals surface area contributed by atoms with E-state index in [-0.39, 0.29) is 24.2 Å². The first-order chi connectivity index (χ1) is 9.79.